The van der Waals surface area contributed by atoms with Crippen LogP contribution in [-0.4, -0.2) is 47.4 Å². The Morgan fingerprint density at radius 3 is 2.26 bits per heavy atom. The van der Waals surface area contributed by atoms with Crippen LogP contribution in [0.25, 0.3) is 0 Å². The van der Waals surface area contributed by atoms with Crippen molar-refractivity contribution in [3.63, 3.8) is 0 Å². The minimum Gasteiger partial charge on any atom is -0.371 e. The average Bonchev–Trinajstić information content (AvgIpc) is 2.74. The largest absolute Gasteiger partial charge is 0.371 e. The van der Waals surface area contributed by atoms with Gasteiger partial charge in [0.2, 0.25) is 0 Å². The zero-order valence-corrected chi connectivity index (χ0v) is 15.8. The number of piperidine rings is 2. The Morgan fingerprint density at radius 1 is 0.926 bits per heavy atom. The fourth-order valence-electron chi connectivity index (χ4n) is 4.38. The molecule has 2 aromatic rings. The van der Waals surface area contributed by atoms with Gasteiger partial charge >= 0.3 is 0 Å². The number of carbonyl (C=O) groups excluding carboxylic acids is 1. The van der Waals surface area contributed by atoms with Crippen molar-refractivity contribution < 1.29 is 4.79 Å². The molecule has 0 aliphatic carbocycles. The summed E-state index contributed by atoms with van der Waals surface area (Å²) in [6.45, 7) is 4.35. The predicted molar refractivity (Wildman–Crippen MR) is 106 cm³/mol. The van der Waals surface area contributed by atoms with E-state index >= 15 is 0 Å². The summed E-state index contributed by atoms with van der Waals surface area (Å²) in [6.07, 6.45) is 14.5. The fraction of sp³-hybridized carbons (Fsp3) is 0.524. The maximum absolute atomic E-state index is 10.6. The molecule has 0 aromatic carbocycles. The Hall–Kier alpha value is -2.50. The first-order valence-corrected chi connectivity index (χ1v) is 9.93. The van der Waals surface area contributed by atoms with Gasteiger partial charge in [0.05, 0.1) is 11.9 Å². The molecule has 0 radical (unpaired) electrons. The van der Waals surface area contributed by atoms with E-state index in [2.05, 4.69) is 31.9 Å². The van der Waals surface area contributed by atoms with Crippen LogP contribution in [0.2, 0.25) is 0 Å². The summed E-state index contributed by atoms with van der Waals surface area (Å²) in [5.74, 6) is 0.961. The Labute approximate surface area is 160 Å². The van der Waals surface area contributed by atoms with Crippen LogP contribution in [0.3, 0.4) is 0 Å². The first kappa shape index (κ1) is 17.9. The van der Waals surface area contributed by atoms with Gasteiger partial charge in [-0.25, -0.2) is 4.98 Å². The summed E-state index contributed by atoms with van der Waals surface area (Å²) in [7, 11) is 0. The van der Waals surface area contributed by atoms with Crippen LogP contribution in [0.1, 0.15) is 37.8 Å². The molecule has 0 saturated carbocycles. The predicted octanol–water partition coefficient (Wildman–Crippen LogP) is 2.89. The van der Waals surface area contributed by atoms with E-state index in [0.717, 1.165) is 44.0 Å². The maximum atomic E-state index is 10.6. The van der Waals surface area contributed by atoms with Gasteiger partial charge in [-0.1, -0.05) is 0 Å². The van der Waals surface area contributed by atoms with E-state index < -0.39 is 0 Å². The second-order valence-corrected chi connectivity index (χ2v) is 7.75. The van der Waals surface area contributed by atoms with Crippen LogP contribution in [0, 0.1) is 5.41 Å². The number of hydrogen-bond acceptors (Lipinski definition) is 6. The van der Waals surface area contributed by atoms with Gasteiger partial charge in [0, 0.05) is 56.9 Å². The van der Waals surface area contributed by atoms with Gasteiger partial charge in [-0.3, -0.25) is 9.97 Å². The molecule has 27 heavy (non-hydrogen) atoms. The second kappa shape index (κ2) is 8.03. The zero-order valence-electron chi connectivity index (χ0n) is 15.8. The molecule has 2 aromatic heterocycles. The van der Waals surface area contributed by atoms with E-state index in [9.17, 15) is 4.79 Å². The van der Waals surface area contributed by atoms with Crippen molar-refractivity contribution in [1.29, 1.82) is 0 Å². The fourth-order valence-corrected chi connectivity index (χ4v) is 4.38. The number of aryl methyl sites for hydroxylation is 1. The highest BCUT2D eigenvalue weighted by Gasteiger charge is 2.37. The first-order chi connectivity index (χ1) is 13.3. The molecule has 6 nitrogen and oxygen atoms in total. The quantitative estimate of drug-likeness (QED) is 0.759. The van der Waals surface area contributed by atoms with Crippen molar-refractivity contribution in [2.75, 3.05) is 36.0 Å². The Balaban J connectivity index is 1.33. The molecule has 2 aliphatic rings. The molecule has 4 rings (SSSR count). The molecule has 0 atom stereocenters. The van der Waals surface area contributed by atoms with Crippen molar-refractivity contribution in [1.82, 2.24) is 15.0 Å². The topological polar surface area (TPSA) is 62.2 Å². The molecule has 6 heteroatoms. The van der Waals surface area contributed by atoms with E-state index in [1.54, 1.807) is 6.20 Å². The Kier molecular flexibility index (Phi) is 5.32. The monoisotopic (exact) mass is 365 g/mol. The average molecular weight is 365 g/mol. The van der Waals surface area contributed by atoms with Crippen molar-refractivity contribution in [2.24, 2.45) is 5.41 Å². The van der Waals surface area contributed by atoms with E-state index in [1.807, 2.05) is 18.6 Å². The molecule has 142 valence electrons. The van der Waals surface area contributed by atoms with Gasteiger partial charge < -0.3 is 14.6 Å². The number of aldehydes is 1. The SMILES string of the molecule is O=CCCc1cncc(N2CCC3(CCN(c4ccncc4)CC3)CC2)n1. The Morgan fingerprint density at radius 2 is 1.59 bits per heavy atom. The van der Waals surface area contributed by atoms with Gasteiger partial charge in [0.25, 0.3) is 0 Å². The lowest BCUT2D eigenvalue weighted by Gasteiger charge is -2.47. The normalized spacial score (nSPS) is 19.3. The maximum Gasteiger partial charge on any atom is 0.147 e. The van der Waals surface area contributed by atoms with Crippen molar-refractivity contribution in [3.8, 4) is 0 Å². The zero-order chi connectivity index (χ0) is 18.5. The minimum absolute atomic E-state index is 0.475. The van der Waals surface area contributed by atoms with Crippen molar-refractivity contribution >= 4 is 17.8 Å². The molecular formula is C21H27N5O. The molecular weight excluding hydrogens is 338 g/mol. The highest BCUT2D eigenvalue weighted by molar-refractivity contribution is 5.50. The highest BCUT2D eigenvalue weighted by Crippen LogP contribution is 2.42. The number of aromatic nitrogens is 3. The third kappa shape index (κ3) is 4.10. The molecule has 0 unspecified atom stereocenters. The van der Waals surface area contributed by atoms with Crippen LogP contribution in [0.15, 0.2) is 36.9 Å². The standard InChI is InChI=1S/C21H27N5O/c27-15-1-2-18-16-23-17-20(24-18)26-13-7-21(8-14-26)5-11-25(12-6-21)19-3-9-22-10-4-19/h3-4,9-10,15-17H,1-2,5-8,11-14H2. The van der Waals surface area contributed by atoms with Gasteiger partial charge in [-0.05, 0) is 49.7 Å². The lowest BCUT2D eigenvalue weighted by Crippen LogP contribution is -2.47. The number of hydrogen-bond donors (Lipinski definition) is 0. The van der Waals surface area contributed by atoms with E-state index in [4.69, 9.17) is 4.98 Å². The van der Waals surface area contributed by atoms with Crippen LogP contribution < -0.4 is 9.80 Å². The summed E-state index contributed by atoms with van der Waals surface area (Å²) in [5.41, 5.74) is 2.67. The van der Waals surface area contributed by atoms with E-state index in [1.165, 1.54) is 31.4 Å². The lowest BCUT2D eigenvalue weighted by molar-refractivity contribution is -0.107. The molecule has 2 saturated heterocycles. The molecule has 0 amide bonds. The number of carbonyl (C=O) groups is 1. The summed E-state index contributed by atoms with van der Waals surface area (Å²) in [6, 6.07) is 4.22. The number of rotatable bonds is 5. The summed E-state index contributed by atoms with van der Waals surface area (Å²) < 4.78 is 0. The molecule has 2 aliphatic heterocycles. The molecule has 0 N–H and O–H groups in total. The minimum atomic E-state index is 0.475. The van der Waals surface area contributed by atoms with Gasteiger partial charge in [-0.15, -0.1) is 0 Å². The third-order valence-electron chi connectivity index (χ3n) is 6.19. The Bertz CT molecular complexity index is 748. The van der Waals surface area contributed by atoms with Crippen LogP contribution in [0.5, 0.6) is 0 Å². The number of pyridine rings is 1. The third-order valence-corrected chi connectivity index (χ3v) is 6.19. The van der Waals surface area contributed by atoms with E-state index in [0.29, 0.717) is 18.3 Å². The molecule has 0 bridgehead atoms. The van der Waals surface area contributed by atoms with Gasteiger partial charge in [0.15, 0.2) is 0 Å². The molecule has 1 spiro atoms. The summed E-state index contributed by atoms with van der Waals surface area (Å²) in [5, 5.41) is 0. The highest BCUT2D eigenvalue weighted by atomic mass is 16.1. The second-order valence-electron chi connectivity index (χ2n) is 7.75. The number of nitrogens with zero attached hydrogens (tertiary/aromatic N) is 5. The smallest absolute Gasteiger partial charge is 0.147 e. The summed E-state index contributed by atoms with van der Waals surface area (Å²) in [4.78, 5) is 28.6. The van der Waals surface area contributed by atoms with Crippen LogP contribution in [-0.2, 0) is 11.2 Å². The van der Waals surface area contributed by atoms with Crippen molar-refractivity contribution in [3.05, 3.63) is 42.6 Å². The lowest BCUT2D eigenvalue weighted by atomic mass is 9.71. The van der Waals surface area contributed by atoms with Gasteiger partial charge in [0.1, 0.15) is 12.1 Å². The van der Waals surface area contributed by atoms with Crippen LogP contribution >= 0.6 is 0 Å². The van der Waals surface area contributed by atoms with E-state index in [-0.39, 0.29) is 0 Å². The number of anilines is 2. The first-order valence-electron chi connectivity index (χ1n) is 9.93. The van der Waals surface area contributed by atoms with Gasteiger partial charge in [-0.2, -0.15) is 0 Å². The van der Waals surface area contributed by atoms with Crippen molar-refractivity contribution in [2.45, 2.75) is 38.5 Å². The molecule has 2 fully saturated rings. The van der Waals surface area contributed by atoms with Crippen LogP contribution in [0.4, 0.5) is 11.5 Å². The summed E-state index contributed by atoms with van der Waals surface area (Å²) >= 11 is 0. The molecule has 4 heterocycles.